The highest BCUT2D eigenvalue weighted by molar-refractivity contribution is 5.32. The quantitative estimate of drug-likeness (QED) is 0.738. The average Bonchev–Trinajstić information content (AvgIpc) is 2.04. The topological polar surface area (TPSA) is 20.2 Å². The van der Waals surface area contributed by atoms with Crippen molar-refractivity contribution >= 4 is 0 Å². The van der Waals surface area contributed by atoms with Crippen LogP contribution in [0.1, 0.15) is 31.9 Å². The van der Waals surface area contributed by atoms with Crippen molar-refractivity contribution in [2.24, 2.45) is 0 Å². The molecule has 0 saturated heterocycles. The summed E-state index contributed by atoms with van der Waals surface area (Å²) in [6.45, 7) is 8.06. The van der Waals surface area contributed by atoms with Crippen molar-refractivity contribution < 1.29 is 5.11 Å². The molecule has 0 fully saturated rings. The molecule has 1 N–H and O–H groups in total. The van der Waals surface area contributed by atoms with E-state index < -0.39 is 0 Å². The molecule has 72 valence electrons. The van der Waals surface area contributed by atoms with E-state index in [1.54, 1.807) is 0 Å². The molecule has 0 amide bonds. The van der Waals surface area contributed by atoms with Gasteiger partial charge < -0.3 is 5.11 Å². The summed E-state index contributed by atoms with van der Waals surface area (Å²) in [5.74, 6) is 0. The van der Waals surface area contributed by atoms with E-state index in [1.807, 2.05) is 19.1 Å². The maximum Gasteiger partial charge on any atom is 0.0603 e. The lowest BCUT2D eigenvalue weighted by Gasteiger charge is -2.30. The molecule has 1 aromatic carbocycles. The van der Waals surface area contributed by atoms with Crippen LogP contribution in [0.15, 0.2) is 24.3 Å². The van der Waals surface area contributed by atoms with Gasteiger partial charge in [0.1, 0.15) is 0 Å². The van der Waals surface area contributed by atoms with E-state index in [1.165, 1.54) is 11.1 Å². The second kappa shape index (κ2) is 3.51. The highest BCUT2D eigenvalue weighted by atomic mass is 16.3. The fourth-order valence-electron chi connectivity index (χ4n) is 1.52. The number of aryl methyl sites for hydroxylation is 1. The van der Waals surface area contributed by atoms with Crippen molar-refractivity contribution in [2.45, 2.75) is 39.2 Å². The summed E-state index contributed by atoms with van der Waals surface area (Å²) in [4.78, 5) is 0. The summed E-state index contributed by atoms with van der Waals surface area (Å²) in [7, 11) is 0. The minimum atomic E-state index is -0.325. The fourth-order valence-corrected chi connectivity index (χ4v) is 1.52. The molecule has 13 heavy (non-hydrogen) atoms. The predicted molar refractivity (Wildman–Crippen MR) is 55.9 cm³/mol. The summed E-state index contributed by atoms with van der Waals surface area (Å²) in [5, 5.41) is 9.66. The second-order valence-electron chi connectivity index (χ2n) is 4.21. The van der Waals surface area contributed by atoms with Crippen LogP contribution in [0.2, 0.25) is 0 Å². The van der Waals surface area contributed by atoms with E-state index in [-0.39, 0.29) is 11.5 Å². The van der Waals surface area contributed by atoms with Crippen molar-refractivity contribution in [3.05, 3.63) is 35.4 Å². The van der Waals surface area contributed by atoms with E-state index in [4.69, 9.17) is 0 Å². The van der Waals surface area contributed by atoms with E-state index >= 15 is 0 Å². The van der Waals surface area contributed by atoms with Crippen LogP contribution in [0.4, 0.5) is 0 Å². The van der Waals surface area contributed by atoms with Crippen LogP contribution in [0.5, 0.6) is 0 Å². The van der Waals surface area contributed by atoms with Gasteiger partial charge in [-0.3, -0.25) is 0 Å². The first-order valence-electron chi connectivity index (χ1n) is 4.70. The Balaban J connectivity index is 3.14. The maximum absolute atomic E-state index is 9.66. The molecular weight excluding hydrogens is 160 g/mol. The van der Waals surface area contributed by atoms with Gasteiger partial charge in [0.15, 0.2) is 0 Å². The van der Waals surface area contributed by atoms with Crippen LogP contribution in [0, 0.1) is 6.92 Å². The van der Waals surface area contributed by atoms with E-state index in [0.29, 0.717) is 0 Å². The summed E-state index contributed by atoms with van der Waals surface area (Å²) in [6, 6.07) is 8.21. The lowest BCUT2D eigenvalue weighted by atomic mass is 9.78. The lowest BCUT2D eigenvalue weighted by molar-refractivity contribution is 0.117. The standard InChI is InChI=1S/C12H18O/c1-9-7-5-6-8-11(9)12(3,4)10(2)13/h5-8,10,13H,1-4H3. The number of hydrogen-bond donors (Lipinski definition) is 1. The van der Waals surface area contributed by atoms with Gasteiger partial charge in [-0.15, -0.1) is 0 Å². The van der Waals surface area contributed by atoms with Gasteiger partial charge in [0.05, 0.1) is 6.10 Å². The zero-order valence-electron chi connectivity index (χ0n) is 8.83. The van der Waals surface area contributed by atoms with Crippen LogP contribution in [0.3, 0.4) is 0 Å². The van der Waals surface area contributed by atoms with Crippen molar-refractivity contribution in [3.8, 4) is 0 Å². The zero-order valence-corrected chi connectivity index (χ0v) is 8.83. The van der Waals surface area contributed by atoms with Gasteiger partial charge in [-0.2, -0.15) is 0 Å². The molecule has 1 atom stereocenters. The summed E-state index contributed by atoms with van der Waals surface area (Å²) < 4.78 is 0. The highest BCUT2D eigenvalue weighted by Crippen LogP contribution is 2.29. The first-order valence-corrected chi connectivity index (χ1v) is 4.70. The first kappa shape index (κ1) is 10.3. The molecule has 0 aliphatic rings. The third-order valence-electron chi connectivity index (χ3n) is 2.88. The molecular formula is C12H18O. The first-order chi connectivity index (χ1) is 5.96. The van der Waals surface area contributed by atoms with Crippen molar-refractivity contribution in [1.82, 2.24) is 0 Å². The molecule has 0 spiro atoms. The lowest BCUT2D eigenvalue weighted by Crippen LogP contribution is -2.31. The summed E-state index contributed by atoms with van der Waals surface area (Å²) in [6.07, 6.45) is -0.325. The molecule has 0 aliphatic heterocycles. The van der Waals surface area contributed by atoms with Crippen molar-refractivity contribution in [3.63, 3.8) is 0 Å². The van der Waals surface area contributed by atoms with E-state index in [2.05, 4.69) is 32.9 Å². The molecule has 1 aromatic rings. The molecule has 1 heteroatoms. The minimum Gasteiger partial charge on any atom is -0.393 e. The summed E-state index contributed by atoms with van der Waals surface area (Å²) >= 11 is 0. The average molecular weight is 178 g/mol. The van der Waals surface area contributed by atoms with Crippen LogP contribution in [0.25, 0.3) is 0 Å². The Bertz CT molecular complexity index is 287. The Morgan fingerprint density at radius 2 is 1.77 bits per heavy atom. The molecule has 0 heterocycles. The molecule has 1 nitrogen and oxygen atoms in total. The Kier molecular flexibility index (Phi) is 2.77. The van der Waals surface area contributed by atoms with Crippen LogP contribution in [-0.2, 0) is 5.41 Å². The van der Waals surface area contributed by atoms with Crippen LogP contribution >= 0.6 is 0 Å². The molecule has 0 aromatic heterocycles. The molecule has 0 aliphatic carbocycles. The van der Waals surface area contributed by atoms with E-state index in [9.17, 15) is 5.11 Å². The second-order valence-corrected chi connectivity index (χ2v) is 4.21. The van der Waals surface area contributed by atoms with Crippen LogP contribution in [-0.4, -0.2) is 11.2 Å². The SMILES string of the molecule is Cc1ccccc1C(C)(C)C(C)O. The molecule has 0 bridgehead atoms. The Morgan fingerprint density at radius 3 is 2.23 bits per heavy atom. The number of benzene rings is 1. The monoisotopic (exact) mass is 178 g/mol. The predicted octanol–water partition coefficient (Wildman–Crippen LogP) is 2.65. The number of aliphatic hydroxyl groups excluding tert-OH is 1. The van der Waals surface area contributed by atoms with E-state index in [0.717, 1.165) is 0 Å². The van der Waals surface area contributed by atoms with Gasteiger partial charge >= 0.3 is 0 Å². The maximum atomic E-state index is 9.66. The van der Waals surface area contributed by atoms with Gasteiger partial charge in [0.2, 0.25) is 0 Å². The highest BCUT2D eigenvalue weighted by Gasteiger charge is 2.27. The third kappa shape index (κ3) is 1.92. The Morgan fingerprint density at radius 1 is 1.23 bits per heavy atom. The Hall–Kier alpha value is -0.820. The molecule has 0 radical (unpaired) electrons. The number of hydrogen-bond acceptors (Lipinski definition) is 1. The van der Waals surface area contributed by atoms with Crippen molar-refractivity contribution in [2.75, 3.05) is 0 Å². The van der Waals surface area contributed by atoms with Gasteiger partial charge in [-0.1, -0.05) is 38.1 Å². The number of aliphatic hydroxyl groups is 1. The largest absolute Gasteiger partial charge is 0.393 e. The Labute approximate surface area is 80.4 Å². The van der Waals surface area contributed by atoms with Crippen LogP contribution < -0.4 is 0 Å². The minimum absolute atomic E-state index is 0.161. The van der Waals surface area contributed by atoms with Crippen molar-refractivity contribution in [1.29, 1.82) is 0 Å². The zero-order chi connectivity index (χ0) is 10.1. The van der Waals surface area contributed by atoms with Gasteiger partial charge in [0.25, 0.3) is 0 Å². The van der Waals surface area contributed by atoms with Gasteiger partial charge in [-0.25, -0.2) is 0 Å². The molecule has 0 saturated carbocycles. The summed E-state index contributed by atoms with van der Waals surface area (Å²) in [5.41, 5.74) is 2.31. The third-order valence-corrected chi connectivity index (χ3v) is 2.88. The normalized spacial score (nSPS) is 14.2. The van der Waals surface area contributed by atoms with Gasteiger partial charge in [0, 0.05) is 5.41 Å². The fraction of sp³-hybridized carbons (Fsp3) is 0.500. The molecule has 1 rings (SSSR count). The smallest absolute Gasteiger partial charge is 0.0603 e. The molecule has 1 unspecified atom stereocenters. The number of rotatable bonds is 2. The van der Waals surface area contributed by atoms with Gasteiger partial charge in [-0.05, 0) is 25.0 Å².